The third-order valence-electron chi connectivity index (χ3n) is 2.33. The molecule has 0 aliphatic carbocycles. The fourth-order valence-electron chi connectivity index (χ4n) is 1.51. The van der Waals surface area contributed by atoms with E-state index >= 15 is 0 Å². The molecule has 2 aromatic rings. The van der Waals surface area contributed by atoms with Crippen molar-refractivity contribution in [2.75, 3.05) is 0 Å². The Morgan fingerprint density at radius 1 is 1.21 bits per heavy atom. The maximum Gasteiger partial charge on any atom is 0.319 e. The van der Waals surface area contributed by atoms with E-state index in [9.17, 15) is 28.1 Å². The quantitative estimate of drug-likeness (QED) is 0.372. The normalized spacial score (nSPS) is 10.5. The van der Waals surface area contributed by atoms with E-state index in [0.29, 0.717) is 12.4 Å². The molecule has 8 heteroatoms. The molecule has 0 unspecified atom stereocenters. The number of nitro benzene ring substituents is 1. The zero-order valence-electron chi connectivity index (χ0n) is 9.02. The molecule has 2 rings (SSSR count). The van der Waals surface area contributed by atoms with Gasteiger partial charge in [-0.1, -0.05) is 0 Å². The highest BCUT2D eigenvalue weighted by atomic mass is 19.2. The number of hydrogen-bond donors (Lipinski definition) is 0. The predicted molar refractivity (Wildman–Crippen MR) is 56.1 cm³/mol. The first kappa shape index (κ1) is 12.8. The van der Waals surface area contributed by atoms with E-state index < -0.39 is 33.6 Å². The number of carbonyl (C=O) groups is 1. The molecule has 5 nitrogen and oxygen atoms in total. The minimum atomic E-state index is -1.95. The largest absolute Gasteiger partial charge is 0.453 e. The number of rotatable bonds is 3. The van der Waals surface area contributed by atoms with Crippen molar-refractivity contribution in [3.05, 3.63) is 51.5 Å². The van der Waals surface area contributed by atoms with Gasteiger partial charge in [-0.3, -0.25) is 14.9 Å². The van der Waals surface area contributed by atoms with Gasteiger partial charge in [0.15, 0.2) is 17.9 Å². The van der Waals surface area contributed by atoms with Crippen molar-refractivity contribution in [1.29, 1.82) is 0 Å². The van der Waals surface area contributed by atoms with Crippen molar-refractivity contribution < 1.29 is 27.3 Å². The van der Waals surface area contributed by atoms with Crippen LogP contribution in [0, 0.1) is 27.6 Å². The van der Waals surface area contributed by atoms with Gasteiger partial charge in [-0.15, -0.1) is 0 Å². The third kappa shape index (κ3) is 2.07. The van der Waals surface area contributed by atoms with E-state index in [-0.39, 0.29) is 11.5 Å². The van der Waals surface area contributed by atoms with Crippen LogP contribution in [0.15, 0.2) is 22.6 Å². The van der Waals surface area contributed by atoms with E-state index in [0.717, 1.165) is 12.1 Å². The average Bonchev–Trinajstić information content (AvgIpc) is 2.83. The van der Waals surface area contributed by atoms with E-state index in [1.807, 2.05) is 0 Å². The third-order valence-corrected chi connectivity index (χ3v) is 2.33. The molecule has 0 saturated carbocycles. The van der Waals surface area contributed by atoms with Crippen LogP contribution >= 0.6 is 0 Å². The Labute approximate surface area is 103 Å². The molecule has 0 saturated heterocycles. The highest BCUT2D eigenvalue weighted by Crippen LogP contribution is 2.35. The molecule has 0 atom stereocenters. The van der Waals surface area contributed by atoms with Gasteiger partial charge in [-0.2, -0.15) is 4.39 Å². The van der Waals surface area contributed by atoms with Crippen LogP contribution in [0.5, 0.6) is 0 Å². The number of furan rings is 1. The Morgan fingerprint density at radius 2 is 1.89 bits per heavy atom. The topological polar surface area (TPSA) is 73.3 Å². The SMILES string of the molecule is O=Cc1ccc(-c2cc(F)c(F)c(F)c2[N+](=O)[O-])o1. The number of nitro groups is 1. The number of halogens is 3. The number of nitrogens with zero attached hydrogens (tertiary/aromatic N) is 1. The summed E-state index contributed by atoms with van der Waals surface area (Å²) in [6.07, 6.45) is 0.311. The van der Waals surface area contributed by atoms with Gasteiger partial charge in [-0.05, 0) is 18.2 Å². The number of benzene rings is 1. The highest BCUT2D eigenvalue weighted by molar-refractivity contribution is 5.75. The van der Waals surface area contributed by atoms with Crippen LogP contribution in [0.25, 0.3) is 11.3 Å². The summed E-state index contributed by atoms with van der Waals surface area (Å²) in [5, 5.41) is 10.7. The second kappa shape index (κ2) is 4.56. The van der Waals surface area contributed by atoms with Gasteiger partial charge in [0.2, 0.25) is 11.6 Å². The molecular formula is C11H4F3NO4. The lowest BCUT2D eigenvalue weighted by molar-refractivity contribution is -0.387. The van der Waals surface area contributed by atoms with Crippen molar-refractivity contribution in [2.24, 2.45) is 0 Å². The molecular weight excluding hydrogens is 267 g/mol. The van der Waals surface area contributed by atoms with Crippen LogP contribution in [0.4, 0.5) is 18.9 Å². The molecule has 0 aliphatic rings. The zero-order chi connectivity index (χ0) is 14.2. The predicted octanol–water partition coefficient (Wildman–Crippen LogP) is 3.08. The van der Waals surface area contributed by atoms with Gasteiger partial charge in [0.05, 0.1) is 4.92 Å². The molecule has 0 bridgehead atoms. The smallest absolute Gasteiger partial charge is 0.319 e. The number of aldehydes is 1. The summed E-state index contributed by atoms with van der Waals surface area (Å²) in [6, 6.07) is 2.71. The Bertz CT molecular complexity index is 681. The van der Waals surface area contributed by atoms with Gasteiger partial charge in [0.1, 0.15) is 11.3 Å². The summed E-state index contributed by atoms with van der Waals surface area (Å²) in [5.41, 5.74) is -1.85. The molecule has 0 N–H and O–H groups in total. The first-order chi connectivity index (χ1) is 8.95. The van der Waals surface area contributed by atoms with Crippen molar-refractivity contribution in [2.45, 2.75) is 0 Å². The summed E-state index contributed by atoms with van der Waals surface area (Å²) in [7, 11) is 0. The second-order valence-corrected chi connectivity index (χ2v) is 3.46. The highest BCUT2D eigenvalue weighted by Gasteiger charge is 2.29. The molecule has 98 valence electrons. The number of hydrogen-bond acceptors (Lipinski definition) is 4. The zero-order valence-corrected chi connectivity index (χ0v) is 9.02. The monoisotopic (exact) mass is 271 g/mol. The van der Waals surface area contributed by atoms with Crippen molar-refractivity contribution in [3.63, 3.8) is 0 Å². The van der Waals surface area contributed by atoms with Gasteiger partial charge in [0.25, 0.3) is 0 Å². The summed E-state index contributed by atoms with van der Waals surface area (Å²) >= 11 is 0. The fraction of sp³-hybridized carbons (Fsp3) is 0. The van der Waals surface area contributed by atoms with Crippen LogP contribution in [0.3, 0.4) is 0 Å². The molecule has 0 fully saturated rings. The Hall–Kier alpha value is -2.64. The molecule has 19 heavy (non-hydrogen) atoms. The van der Waals surface area contributed by atoms with E-state index in [1.54, 1.807) is 0 Å². The van der Waals surface area contributed by atoms with Gasteiger partial charge in [0, 0.05) is 0 Å². The summed E-state index contributed by atoms with van der Waals surface area (Å²) in [4.78, 5) is 19.9. The van der Waals surface area contributed by atoms with Gasteiger partial charge in [-0.25, -0.2) is 8.78 Å². The molecule has 0 amide bonds. The van der Waals surface area contributed by atoms with Gasteiger partial charge >= 0.3 is 5.69 Å². The lowest BCUT2D eigenvalue weighted by Crippen LogP contribution is -2.01. The molecule has 1 aromatic carbocycles. The van der Waals surface area contributed by atoms with Crippen LogP contribution in [-0.4, -0.2) is 11.2 Å². The van der Waals surface area contributed by atoms with E-state index in [2.05, 4.69) is 0 Å². The molecule has 0 spiro atoms. The standard InChI is InChI=1S/C11H4F3NO4/c12-7-3-6(8-2-1-5(4-16)19-8)11(15(17)18)10(14)9(7)13/h1-4H. The Morgan fingerprint density at radius 3 is 2.42 bits per heavy atom. The fourth-order valence-corrected chi connectivity index (χ4v) is 1.51. The first-order valence-corrected chi connectivity index (χ1v) is 4.83. The van der Waals surface area contributed by atoms with Crippen molar-refractivity contribution >= 4 is 12.0 Å². The Kier molecular flexibility index (Phi) is 3.07. The molecule has 1 aromatic heterocycles. The molecule has 0 aliphatic heterocycles. The average molecular weight is 271 g/mol. The molecule has 0 radical (unpaired) electrons. The first-order valence-electron chi connectivity index (χ1n) is 4.83. The summed E-state index contributed by atoms with van der Waals surface area (Å²) < 4.78 is 44.3. The minimum absolute atomic E-state index is 0.186. The summed E-state index contributed by atoms with van der Waals surface area (Å²) in [6.45, 7) is 0. The van der Waals surface area contributed by atoms with Crippen molar-refractivity contribution in [1.82, 2.24) is 0 Å². The van der Waals surface area contributed by atoms with E-state index in [1.165, 1.54) is 0 Å². The maximum absolute atomic E-state index is 13.4. The second-order valence-electron chi connectivity index (χ2n) is 3.46. The lowest BCUT2D eigenvalue weighted by Gasteiger charge is -2.03. The Balaban J connectivity index is 2.74. The molecule has 1 heterocycles. The van der Waals surface area contributed by atoms with Crippen molar-refractivity contribution in [3.8, 4) is 11.3 Å². The van der Waals surface area contributed by atoms with Crippen LogP contribution < -0.4 is 0 Å². The van der Waals surface area contributed by atoms with Crippen LogP contribution in [-0.2, 0) is 0 Å². The van der Waals surface area contributed by atoms with Crippen LogP contribution in [0.1, 0.15) is 10.6 Å². The maximum atomic E-state index is 13.4. The van der Waals surface area contributed by atoms with Gasteiger partial charge < -0.3 is 4.42 Å². The van der Waals surface area contributed by atoms with E-state index in [4.69, 9.17) is 4.42 Å². The van der Waals surface area contributed by atoms with Crippen LogP contribution in [0.2, 0.25) is 0 Å². The summed E-state index contributed by atoms with van der Waals surface area (Å²) in [5.74, 6) is -5.97. The lowest BCUT2D eigenvalue weighted by atomic mass is 10.1. The minimum Gasteiger partial charge on any atom is -0.453 e. The number of carbonyl (C=O) groups excluding carboxylic acids is 1.